The zero-order valence-electron chi connectivity index (χ0n) is 5.84. The summed E-state index contributed by atoms with van der Waals surface area (Å²) in [6.07, 6.45) is 1.82. The lowest BCUT2D eigenvalue weighted by Crippen LogP contribution is -2.20. The largest absolute Gasteiger partial charge is 0.469 e. The predicted molar refractivity (Wildman–Crippen MR) is 47.1 cm³/mol. The van der Waals surface area contributed by atoms with E-state index in [9.17, 15) is 4.57 Å². The van der Waals surface area contributed by atoms with E-state index in [1.807, 2.05) is 6.26 Å². The van der Waals surface area contributed by atoms with Crippen LogP contribution in [0.2, 0.25) is 0 Å². The van der Waals surface area contributed by atoms with Crippen LogP contribution in [0.15, 0.2) is 0 Å². The van der Waals surface area contributed by atoms with Crippen LogP contribution in [0.5, 0.6) is 0 Å². The molecule has 0 spiro atoms. The van der Waals surface area contributed by atoms with Crippen molar-refractivity contribution in [2.45, 2.75) is 5.37 Å². The molecule has 0 aromatic carbocycles. The van der Waals surface area contributed by atoms with Crippen LogP contribution in [0.1, 0.15) is 0 Å². The molecule has 0 aromatic rings. The topological polar surface area (TPSA) is 92.8 Å². The van der Waals surface area contributed by atoms with Gasteiger partial charge in [-0.05, 0) is 6.26 Å². The van der Waals surface area contributed by atoms with E-state index in [0.29, 0.717) is 0 Å². The van der Waals surface area contributed by atoms with Gasteiger partial charge in [-0.15, -0.1) is 0 Å². The van der Waals surface area contributed by atoms with Crippen LogP contribution in [0.3, 0.4) is 0 Å². The summed E-state index contributed by atoms with van der Waals surface area (Å²) in [6, 6.07) is 0. The second-order valence-electron chi connectivity index (χ2n) is 1.59. The fraction of sp³-hybridized carbons (Fsp3) is 1.00. The molecule has 0 saturated carbocycles. The van der Waals surface area contributed by atoms with Crippen LogP contribution in [-0.2, 0) is 9.09 Å². The maximum absolute atomic E-state index is 10.1. The summed E-state index contributed by atoms with van der Waals surface area (Å²) in [5.74, 6) is 0. The Morgan fingerprint density at radius 1 is 1.73 bits per heavy atom. The lowest BCUT2D eigenvalue weighted by Gasteiger charge is -2.09. The zero-order valence-corrected chi connectivity index (χ0v) is 8.36. The first-order valence-corrected chi connectivity index (χ1v) is 6.76. The zero-order chi connectivity index (χ0) is 8.91. The maximum Gasteiger partial charge on any atom is 0.469 e. The SMILES string of the molecule is CSSC(N)COP(=O)(O)O. The predicted octanol–water partition coefficient (Wildman–Crippen LogP) is 0.392. The molecule has 1 atom stereocenters. The monoisotopic (exact) mass is 219 g/mol. The molecule has 0 fully saturated rings. The van der Waals surface area contributed by atoms with Crippen molar-refractivity contribution in [2.24, 2.45) is 5.73 Å². The van der Waals surface area contributed by atoms with E-state index in [2.05, 4.69) is 4.52 Å². The van der Waals surface area contributed by atoms with E-state index >= 15 is 0 Å². The lowest BCUT2D eigenvalue weighted by atomic mass is 10.7. The van der Waals surface area contributed by atoms with Gasteiger partial charge in [0.05, 0.1) is 12.0 Å². The van der Waals surface area contributed by atoms with Gasteiger partial charge in [0.1, 0.15) is 0 Å². The number of hydrogen-bond donors (Lipinski definition) is 3. The number of rotatable bonds is 5. The third-order valence-electron chi connectivity index (χ3n) is 0.627. The Balaban J connectivity index is 3.46. The molecular weight excluding hydrogens is 209 g/mol. The average molecular weight is 219 g/mol. The Morgan fingerprint density at radius 2 is 2.27 bits per heavy atom. The molecule has 0 aliphatic carbocycles. The molecule has 0 bridgehead atoms. The number of phosphoric acid groups is 1. The fourth-order valence-electron chi connectivity index (χ4n) is 0.322. The summed E-state index contributed by atoms with van der Waals surface area (Å²) in [6.45, 7) is -0.143. The molecule has 0 saturated heterocycles. The van der Waals surface area contributed by atoms with Crippen LogP contribution in [-0.4, -0.2) is 28.0 Å². The Hall–Kier alpha value is 0.770. The summed E-state index contributed by atoms with van der Waals surface area (Å²) in [5, 5.41) is -0.405. The van der Waals surface area contributed by atoms with Crippen molar-refractivity contribution < 1.29 is 18.9 Å². The minimum atomic E-state index is -4.35. The third kappa shape index (κ3) is 8.68. The minimum absolute atomic E-state index is 0.143. The van der Waals surface area contributed by atoms with Crippen LogP contribution < -0.4 is 5.73 Å². The summed E-state index contributed by atoms with van der Waals surface area (Å²) in [5.41, 5.74) is 5.37. The number of nitrogens with two attached hydrogens (primary N) is 1. The molecule has 1 unspecified atom stereocenters. The summed E-state index contributed by atoms with van der Waals surface area (Å²) in [4.78, 5) is 16.5. The molecule has 0 aliphatic heterocycles. The van der Waals surface area contributed by atoms with E-state index in [1.54, 1.807) is 0 Å². The molecule has 0 aliphatic rings. The normalized spacial score (nSPS) is 14.9. The van der Waals surface area contributed by atoms with Gasteiger partial charge in [0.2, 0.25) is 0 Å². The van der Waals surface area contributed by atoms with E-state index in [1.165, 1.54) is 21.6 Å². The molecular formula is C3H10NO4PS2. The number of hydrogen-bond acceptors (Lipinski definition) is 5. The van der Waals surface area contributed by atoms with E-state index < -0.39 is 13.2 Å². The van der Waals surface area contributed by atoms with Crippen molar-refractivity contribution in [1.29, 1.82) is 0 Å². The molecule has 0 radical (unpaired) electrons. The Morgan fingerprint density at radius 3 is 2.64 bits per heavy atom. The van der Waals surface area contributed by atoms with Crippen LogP contribution in [0.25, 0.3) is 0 Å². The van der Waals surface area contributed by atoms with E-state index in [4.69, 9.17) is 15.5 Å². The third-order valence-corrected chi connectivity index (χ3v) is 3.01. The highest BCUT2D eigenvalue weighted by Gasteiger charge is 2.15. The first-order chi connectivity index (χ1) is 4.95. The highest BCUT2D eigenvalue weighted by molar-refractivity contribution is 8.76. The van der Waals surface area contributed by atoms with Gasteiger partial charge in [-0.3, -0.25) is 4.52 Å². The molecule has 0 amide bonds. The average Bonchev–Trinajstić information content (AvgIpc) is 1.83. The second kappa shape index (κ2) is 5.42. The highest BCUT2D eigenvalue weighted by atomic mass is 33.1. The van der Waals surface area contributed by atoms with Gasteiger partial charge in [0, 0.05) is 0 Å². The quantitative estimate of drug-likeness (QED) is 0.350. The van der Waals surface area contributed by atoms with Crippen LogP contribution in [0, 0.1) is 0 Å². The Labute approximate surface area is 72.7 Å². The molecule has 0 rings (SSSR count). The minimum Gasteiger partial charge on any atom is -0.317 e. The summed E-state index contributed by atoms with van der Waals surface area (Å²) < 4.78 is 14.3. The van der Waals surface area contributed by atoms with Crippen molar-refractivity contribution >= 4 is 29.4 Å². The highest BCUT2D eigenvalue weighted by Crippen LogP contribution is 2.36. The van der Waals surface area contributed by atoms with Crippen molar-refractivity contribution in [3.63, 3.8) is 0 Å². The summed E-state index contributed by atoms with van der Waals surface area (Å²) in [7, 11) is -1.63. The van der Waals surface area contributed by atoms with Gasteiger partial charge < -0.3 is 15.5 Å². The summed E-state index contributed by atoms with van der Waals surface area (Å²) >= 11 is 0. The number of phosphoric ester groups is 1. The van der Waals surface area contributed by atoms with Crippen LogP contribution in [0.4, 0.5) is 0 Å². The fourth-order valence-corrected chi connectivity index (χ4v) is 2.06. The van der Waals surface area contributed by atoms with Gasteiger partial charge in [0.15, 0.2) is 0 Å². The lowest BCUT2D eigenvalue weighted by molar-refractivity contribution is 0.198. The smallest absolute Gasteiger partial charge is 0.317 e. The molecule has 68 valence electrons. The molecule has 0 heterocycles. The van der Waals surface area contributed by atoms with Crippen molar-refractivity contribution in [2.75, 3.05) is 12.9 Å². The first kappa shape index (κ1) is 11.8. The van der Waals surface area contributed by atoms with Gasteiger partial charge in [-0.2, -0.15) is 0 Å². The molecule has 5 nitrogen and oxygen atoms in total. The van der Waals surface area contributed by atoms with Gasteiger partial charge >= 0.3 is 7.82 Å². The van der Waals surface area contributed by atoms with E-state index in [-0.39, 0.29) is 6.61 Å². The van der Waals surface area contributed by atoms with Gasteiger partial charge in [-0.25, -0.2) is 4.57 Å². The van der Waals surface area contributed by atoms with Crippen LogP contribution >= 0.6 is 29.4 Å². The van der Waals surface area contributed by atoms with Crippen molar-refractivity contribution in [1.82, 2.24) is 0 Å². The second-order valence-corrected chi connectivity index (χ2v) is 5.54. The molecule has 0 aromatic heterocycles. The van der Waals surface area contributed by atoms with Gasteiger partial charge in [-0.1, -0.05) is 21.6 Å². The van der Waals surface area contributed by atoms with Gasteiger partial charge in [0.25, 0.3) is 0 Å². The first-order valence-electron chi connectivity index (χ1n) is 2.61. The molecule has 8 heteroatoms. The maximum atomic E-state index is 10.1. The van der Waals surface area contributed by atoms with Crippen molar-refractivity contribution in [3.8, 4) is 0 Å². The Bertz CT molecular complexity index is 150. The molecule has 4 N–H and O–H groups in total. The standard InChI is InChI=1S/C3H10NO4PS2/c1-10-11-3(4)2-8-9(5,6)7/h3H,2,4H2,1H3,(H2,5,6,7). The van der Waals surface area contributed by atoms with Crippen molar-refractivity contribution in [3.05, 3.63) is 0 Å². The Kier molecular flexibility index (Phi) is 5.80. The molecule has 11 heavy (non-hydrogen) atoms. The van der Waals surface area contributed by atoms with E-state index in [0.717, 1.165) is 0 Å².